The molecule has 2 aromatic carbocycles. The van der Waals surface area contributed by atoms with Crippen molar-refractivity contribution in [3.8, 4) is 5.75 Å². The molecule has 150 valence electrons. The van der Waals surface area contributed by atoms with Crippen LogP contribution in [-0.2, 0) is 20.7 Å². The average Bonchev–Trinajstić information content (AvgIpc) is 2.69. The number of ether oxygens (including phenoxy) is 2. The first-order valence-electron chi connectivity index (χ1n) is 8.68. The number of amides is 1. The molecule has 0 radical (unpaired) electrons. The maximum absolute atomic E-state index is 12.2. The Kier molecular flexibility index (Phi) is 6.33. The van der Waals surface area contributed by atoms with Gasteiger partial charge in [0, 0.05) is 21.6 Å². The predicted octanol–water partition coefficient (Wildman–Crippen LogP) is 3.60. The molecule has 0 saturated heterocycles. The van der Waals surface area contributed by atoms with Gasteiger partial charge in [0.25, 0.3) is 5.91 Å². The molecule has 0 aliphatic heterocycles. The van der Waals surface area contributed by atoms with E-state index in [1.165, 1.54) is 13.2 Å². The Morgan fingerprint density at radius 3 is 2.69 bits per heavy atom. The molecule has 3 aromatic rings. The monoisotopic (exact) mass is 459 g/mol. The van der Waals surface area contributed by atoms with Gasteiger partial charge in [0.05, 0.1) is 19.1 Å². The summed E-state index contributed by atoms with van der Waals surface area (Å²) in [6.07, 6.45) is -0.158. The molecule has 0 bridgehead atoms. The number of nitrogens with one attached hydrogen (secondary N) is 1. The highest BCUT2D eigenvalue weighted by atomic mass is 79.9. The number of hydrogen-bond donors (Lipinski definition) is 1. The average molecular weight is 460 g/mol. The van der Waals surface area contributed by atoms with E-state index < -0.39 is 11.6 Å². The van der Waals surface area contributed by atoms with Gasteiger partial charge in [0.15, 0.2) is 6.61 Å². The number of aryl methyl sites for hydroxylation is 1. The highest BCUT2D eigenvalue weighted by molar-refractivity contribution is 9.10. The molecule has 0 aliphatic rings. The van der Waals surface area contributed by atoms with Crippen LogP contribution in [0.2, 0.25) is 0 Å². The molecule has 3 rings (SSSR count). The van der Waals surface area contributed by atoms with Gasteiger partial charge in [-0.25, -0.2) is 4.79 Å². The van der Waals surface area contributed by atoms with Crippen molar-refractivity contribution in [1.29, 1.82) is 0 Å². The highest BCUT2D eigenvalue weighted by Crippen LogP contribution is 2.24. The van der Waals surface area contributed by atoms with Crippen LogP contribution in [0.25, 0.3) is 11.0 Å². The Balaban J connectivity index is 1.74. The van der Waals surface area contributed by atoms with E-state index in [1.54, 1.807) is 31.2 Å². The third-order valence-electron chi connectivity index (χ3n) is 4.29. The van der Waals surface area contributed by atoms with Crippen molar-refractivity contribution in [1.82, 2.24) is 0 Å². The zero-order chi connectivity index (χ0) is 21.0. The molecule has 0 saturated carbocycles. The molecule has 1 aromatic heterocycles. The van der Waals surface area contributed by atoms with Crippen molar-refractivity contribution in [2.75, 3.05) is 19.0 Å². The summed E-state index contributed by atoms with van der Waals surface area (Å²) in [4.78, 5) is 35.8. The molecule has 0 atom stereocenters. The third-order valence-corrected chi connectivity index (χ3v) is 4.78. The Morgan fingerprint density at radius 1 is 1.17 bits per heavy atom. The molecule has 29 heavy (non-hydrogen) atoms. The van der Waals surface area contributed by atoms with Gasteiger partial charge in [0.1, 0.15) is 11.3 Å². The number of halogens is 1. The lowest BCUT2D eigenvalue weighted by Crippen LogP contribution is -2.20. The Labute approximate surface area is 174 Å². The molecule has 0 spiro atoms. The number of hydrogen-bond acceptors (Lipinski definition) is 6. The molecular weight excluding hydrogens is 442 g/mol. The van der Waals surface area contributed by atoms with E-state index in [-0.39, 0.29) is 24.5 Å². The molecule has 7 nitrogen and oxygen atoms in total. The topological polar surface area (TPSA) is 94.8 Å². The van der Waals surface area contributed by atoms with Crippen molar-refractivity contribution in [3.63, 3.8) is 0 Å². The third kappa shape index (κ3) is 5.03. The van der Waals surface area contributed by atoms with Gasteiger partial charge in [-0.1, -0.05) is 22.0 Å². The summed E-state index contributed by atoms with van der Waals surface area (Å²) in [6, 6.07) is 12.1. The largest absolute Gasteiger partial charge is 0.484 e. The van der Waals surface area contributed by atoms with Gasteiger partial charge >= 0.3 is 11.6 Å². The van der Waals surface area contributed by atoms with Crippen LogP contribution in [0.5, 0.6) is 5.75 Å². The molecule has 8 heteroatoms. The van der Waals surface area contributed by atoms with E-state index in [0.717, 1.165) is 4.47 Å². The van der Waals surface area contributed by atoms with Crippen molar-refractivity contribution in [3.05, 3.63) is 68.5 Å². The van der Waals surface area contributed by atoms with Crippen molar-refractivity contribution in [2.45, 2.75) is 13.3 Å². The molecule has 1 N–H and O–H groups in total. The van der Waals surface area contributed by atoms with E-state index in [4.69, 9.17) is 9.15 Å². The molecule has 0 unspecified atom stereocenters. The lowest BCUT2D eigenvalue weighted by atomic mass is 10.0. The Hall–Kier alpha value is -3.13. The summed E-state index contributed by atoms with van der Waals surface area (Å²) in [7, 11) is 1.26. The molecular formula is C21H18BrNO6. The van der Waals surface area contributed by atoms with Crippen LogP contribution < -0.4 is 15.7 Å². The van der Waals surface area contributed by atoms with Crippen LogP contribution >= 0.6 is 15.9 Å². The number of methoxy groups -OCH3 is 1. The number of anilines is 1. The minimum atomic E-state index is -0.607. The van der Waals surface area contributed by atoms with E-state index >= 15 is 0 Å². The van der Waals surface area contributed by atoms with Crippen molar-refractivity contribution >= 4 is 44.5 Å². The lowest BCUT2D eigenvalue weighted by molar-refractivity contribution is -0.139. The summed E-state index contributed by atoms with van der Waals surface area (Å²) in [6.45, 7) is 1.53. The molecule has 0 fully saturated rings. The zero-order valence-corrected chi connectivity index (χ0v) is 17.4. The summed E-state index contributed by atoms with van der Waals surface area (Å²) < 4.78 is 16.3. The van der Waals surface area contributed by atoms with Gasteiger partial charge in [-0.15, -0.1) is 0 Å². The number of esters is 1. The predicted molar refractivity (Wildman–Crippen MR) is 111 cm³/mol. The fourth-order valence-corrected chi connectivity index (χ4v) is 3.20. The zero-order valence-electron chi connectivity index (χ0n) is 15.8. The minimum absolute atomic E-state index is 0.158. The molecule has 1 heterocycles. The van der Waals surface area contributed by atoms with E-state index in [9.17, 15) is 14.4 Å². The van der Waals surface area contributed by atoms with E-state index in [2.05, 4.69) is 26.0 Å². The minimum Gasteiger partial charge on any atom is -0.484 e. The second-order valence-corrected chi connectivity index (χ2v) is 7.17. The smallest absolute Gasteiger partial charge is 0.340 e. The summed E-state index contributed by atoms with van der Waals surface area (Å²) >= 11 is 3.34. The normalized spacial score (nSPS) is 10.6. The Bertz CT molecular complexity index is 1140. The maximum atomic E-state index is 12.2. The van der Waals surface area contributed by atoms with Crippen LogP contribution in [0.15, 0.2) is 56.1 Å². The molecule has 1 amide bonds. The van der Waals surface area contributed by atoms with Crippen molar-refractivity contribution in [2.24, 2.45) is 0 Å². The number of carbonyl (C=O) groups excluding carboxylic acids is 2. The van der Waals surface area contributed by atoms with Crippen LogP contribution in [0, 0.1) is 6.92 Å². The summed E-state index contributed by atoms with van der Waals surface area (Å²) in [5.74, 6) is -0.462. The van der Waals surface area contributed by atoms with Crippen LogP contribution in [0.1, 0.15) is 11.1 Å². The summed E-state index contributed by atoms with van der Waals surface area (Å²) in [5, 5.41) is 3.40. The van der Waals surface area contributed by atoms with Gasteiger partial charge in [-0.3, -0.25) is 9.59 Å². The highest BCUT2D eigenvalue weighted by Gasteiger charge is 2.16. The second-order valence-electron chi connectivity index (χ2n) is 6.25. The number of rotatable bonds is 6. The van der Waals surface area contributed by atoms with Crippen LogP contribution in [0.4, 0.5) is 5.69 Å². The maximum Gasteiger partial charge on any atom is 0.340 e. The summed E-state index contributed by atoms with van der Waals surface area (Å²) in [5.41, 5.74) is 1.24. The quantitative estimate of drug-likeness (QED) is 0.446. The van der Waals surface area contributed by atoms with Crippen molar-refractivity contribution < 1.29 is 23.5 Å². The number of carbonyl (C=O) groups is 2. The van der Waals surface area contributed by atoms with Crippen LogP contribution in [-0.4, -0.2) is 25.6 Å². The van der Waals surface area contributed by atoms with Crippen LogP contribution in [0.3, 0.4) is 0 Å². The lowest BCUT2D eigenvalue weighted by Gasteiger charge is -2.10. The SMILES string of the molecule is COC(=O)Cc1c(C)c2ccc(OCC(=O)Nc3cccc(Br)c3)cc2oc1=O. The first-order chi connectivity index (χ1) is 13.9. The number of benzene rings is 2. The second kappa shape index (κ2) is 8.91. The van der Waals surface area contributed by atoms with E-state index in [1.807, 2.05) is 12.1 Å². The molecule has 0 aliphatic carbocycles. The fraction of sp³-hybridized carbons (Fsp3) is 0.190. The standard InChI is InChI=1S/C21H18BrNO6/c1-12-16-7-6-15(9-18(16)29-21(26)17(12)10-20(25)27-2)28-11-19(24)23-14-5-3-4-13(22)8-14/h3-9H,10-11H2,1-2H3,(H,23,24). The first-order valence-corrected chi connectivity index (χ1v) is 9.48. The first kappa shape index (κ1) is 20.6. The van der Waals surface area contributed by atoms with Gasteiger partial charge in [0.2, 0.25) is 0 Å². The van der Waals surface area contributed by atoms with E-state index in [0.29, 0.717) is 28.0 Å². The van der Waals surface area contributed by atoms with Gasteiger partial charge < -0.3 is 19.2 Å². The van der Waals surface area contributed by atoms with Gasteiger partial charge in [-0.2, -0.15) is 0 Å². The van der Waals surface area contributed by atoms with Gasteiger partial charge in [-0.05, 0) is 42.8 Å². The number of fused-ring (bicyclic) bond motifs is 1. The Morgan fingerprint density at radius 2 is 1.97 bits per heavy atom. The fourth-order valence-electron chi connectivity index (χ4n) is 2.80.